The minimum absolute atomic E-state index is 0.887. The molecule has 10 aromatic rings. The number of benzene rings is 9. The zero-order valence-electron chi connectivity index (χ0n) is 26.1. The highest BCUT2D eigenvalue weighted by molar-refractivity contribution is 6.21. The van der Waals surface area contributed by atoms with Gasteiger partial charge in [0, 0.05) is 33.1 Å². The van der Waals surface area contributed by atoms with Crippen LogP contribution >= 0.6 is 0 Å². The molecule has 0 amide bonds. The highest BCUT2D eigenvalue weighted by Crippen LogP contribution is 2.44. The predicted octanol–water partition coefficient (Wildman–Crippen LogP) is 13.3. The van der Waals surface area contributed by atoms with Crippen LogP contribution in [0.3, 0.4) is 0 Å². The standard InChI is InChI=1S/C46H29NO/c1-2-10-30(11-3-1)37-14-8-9-17-43(37)47(36-24-27-44-42(29-36)41-25-22-32-13-5-7-16-40(32)46(41)48-44)35-23-26-39-34(28-35)21-20-33-19-18-31-12-4-6-15-38(31)45(33)39/h1-29H. The molecule has 0 saturated heterocycles. The molecule has 10 rings (SSSR count). The number of hydrogen-bond donors (Lipinski definition) is 0. The molecule has 0 bridgehead atoms. The summed E-state index contributed by atoms with van der Waals surface area (Å²) in [6, 6.07) is 63.4. The van der Waals surface area contributed by atoms with Crippen molar-refractivity contribution in [3.63, 3.8) is 0 Å². The highest BCUT2D eigenvalue weighted by atomic mass is 16.3. The smallest absolute Gasteiger partial charge is 0.143 e. The fourth-order valence-electron chi connectivity index (χ4n) is 7.55. The monoisotopic (exact) mass is 611 g/mol. The Kier molecular flexibility index (Phi) is 5.91. The third kappa shape index (κ3) is 4.13. The fourth-order valence-corrected chi connectivity index (χ4v) is 7.55. The molecule has 2 heteroatoms. The van der Waals surface area contributed by atoms with Crippen LogP contribution in [0.5, 0.6) is 0 Å². The Labute approximate surface area is 277 Å². The van der Waals surface area contributed by atoms with E-state index >= 15 is 0 Å². The lowest BCUT2D eigenvalue weighted by Gasteiger charge is -2.28. The third-order valence-electron chi connectivity index (χ3n) is 9.80. The van der Waals surface area contributed by atoms with Gasteiger partial charge in [-0.3, -0.25) is 0 Å². The molecular weight excluding hydrogens is 583 g/mol. The van der Waals surface area contributed by atoms with Gasteiger partial charge in [0.1, 0.15) is 11.2 Å². The van der Waals surface area contributed by atoms with Crippen LogP contribution in [-0.4, -0.2) is 0 Å². The van der Waals surface area contributed by atoms with Crippen LogP contribution in [0.25, 0.3) is 76.2 Å². The number of para-hydroxylation sites is 1. The summed E-state index contributed by atoms with van der Waals surface area (Å²) in [5, 5.41) is 12.1. The quantitative estimate of drug-likeness (QED) is 0.184. The molecule has 0 radical (unpaired) electrons. The van der Waals surface area contributed by atoms with Crippen molar-refractivity contribution in [3.8, 4) is 11.1 Å². The van der Waals surface area contributed by atoms with E-state index in [-0.39, 0.29) is 0 Å². The van der Waals surface area contributed by atoms with E-state index in [4.69, 9.17) is 4.42 Å². The number of nitrogens with zero attached hydrogens (tertiary/aromatic N) is 1. The van der Waals surface area contributed by atoms with Gasteiger partial charge in [-0.2, -0.15) is 0 Å². The van der Waals surface area contributed by atoms with Gasteiger partial charge in [-0.05, 0) is 85.7 Å². The SMILES string of the molecule is c1ccc(-c2ccccc2N(c2ccc3c(ccc4ccc5ccccc5c43)c2)c2ccc3oc4c5ccccc5ccc4c3c2)cc1. The summed E-state index contributed by atoms with van der Waals surface area (Å²) in [7, 11) is 0. The molecule has 0 spiro atoms. The Balaban J connectivity index is 1.23. The first-order chi connectivity index (χ1) is 23.8. The van der Waals surface area contributed by atoms with Crippen LogP contribution in [-0.2, 0) is 0 Å². The van der Waals surface area contributed by atoms with Gasteiger partial charge in [-0.1, -0.05) is 133 Å². The number of furan rings is 1. The summed E-state index contributed by atoms with van der Waals surface area (Å²) in [6.07, 6.45) is 0. The van der Waals surface area contributed by atoms with Crippen molar-refractivity contribution in [2.24, 2.45) is 0 Å². The van der Waals surface area contributed by atoms with Gasteiger partial charge < -0.3 is 9.32 Å². The maximum Gasteiger partial charge on any atom is 0.143 e. The molecule has 1 aromatic heterocycles. The van der Waals surface area contributed by atoms with E-state index in [1.807, 2.05) is 0 Å². The van der Waals surface area contributed by atoms with Crippen LogP contribution in [0.15, 0.2) is 180 Å². The second kappa shape index (κ2) is 10.6. The van der Waals surface area contributed by atoms with Crippen LogP contribution in [0.1, 0.15) is 0 Å². The van der Waals surface area contributed by atoms with E-state index in [9.17, 15) is 0 Å². The minimum atomic E-state index is 0.887. The summed E-state index contributed by atoms with van der Waals surface area (Å²) in [5.74, 6) is 0. The van der Waals surface area contributed by atoms with Crippen molar-refractivity contribution in [1.29, 1.82) is 0 Å². The molecule has 2 nitrogen and oxygen atoms in total. The lowest BCUT2D eigenvalue weighted by atomic mass is 9.96. The van der Waals surface area contributed by atoms with Crippen LogP contribution in [0, 0.1) is 0 Å². The number of fused-ring (bicyclic) bond motifs is 10. The Morgan fingerprint density at radius 1 is 0.375 bits per heavy atom. The fraction of sp³-hybridized carbons (Fsp3) is 0. The summed E-state index contributed by atoms with van der Waals surface area (Å²) in [6.45, 7) is 0. The zero-order valence-corrected chi connectivity index (χ0v) is 26.1. The number of rotatable bonds is 4. The van der Waals surface area contributed by atoms with Crippen molar-refractivity contribution in [2.75, 3.05) is 4.90 Å². The number of anilines is 3. The van der Waals surface area contributed by atoms with E-state index in [0.29, 0.717) is 0 Å². The lowest BCUT2D eigenvalue weighted by molar-refractivity contribution is 0.672. The van der Waals surface area contributed by atoms with E-state index in [0.717, 1.165) is 44.4 Å². The van der Waals surface area contributed by atoms with Gasteiger partial charge in [0.25, 0.3) is 0 Å². The van der Waals surface area contributed by atoms with E-state index in [2.05, 4.69) is 181 Å². The van der Waals surface area contributed by atoms with Crippen LogP contribution < -0.4 is 4.90 Å². The van der Waals surface area contributed by atoms with Crippen LogP contribution in [0.2, 0.25) is 0 Å². The average Bonchev–Trinajstić information content (AvgIpc) is 3.54. The van der Waals surface area contributed by atoms with Crippen molar-refractivity contribution >= 4 is 82.1 Å². The summed E-state index contributed by atoms with van der Waals surface area (Å²) >= 11 is 0. The molecular formula is C46H29NO. The van der Waals surface area contributed by atoms with Crippen molar-refractivity contribution in [2.45, 2.75) is 0 Å². The molecule has 0 N–H and O–H groups in total. The van der Waals surface area contributed by atoms with Gasteiger partial charge in [0.15, 0.2) is 0 Å². The van der Waals surface area contributed by atoms with Gasteiger partial charge >= 0.3 is 0 Å². The molecule has 0 unspecified atom stereocenters. The third-order valence-corrected chi connectivity index (χ3v) is 9.80. The van der Waals surface area contributed by atoms with E-state index in [1.54, 1.807) is 0 Å². The van der Waals surface area contributed by atoms with Gasteiger partial charge in [-0.25, -0.2) is 0 Å². The lowest BCUT2D eigenvalue weighted by Crippen LogP contribution is -2.11. The maximum absolute atomic E-state index is 6.52. The van der Waals surface area contributed by atoms with Crippen LogP contribution in [0.4, 0.5) is 17.1 Å². The minimum Gasteiger partial charge on any atom is -0.455 e. The topological polar surface area (TPSA) is 16.4 Å². The first kappa shape index (κ1) is 26.8. The van der Waals surface area contributed by atoms with E-state index in [1.165, 1.54) is 48.8 Å². The molecule has 0 aliphatic rings. The first-order valence-corrected chi connectivity index (χ1v) is 16.4. The Hall–Kier alpha value is -6.38. The number of hydrogen-bond acceptors (Lipinski definition) is 2. The highest BCUT2D eigenvalue weighted by Gasteiger charge is 2.20. The molecule has 0 saturated carbocycles. The second-order valence-corrected chi connectivity index (χ2v) is 12.5. The molecule has 0 aliphatic carbocycles. The maximum atomic E-state index is 6.52. The summed E-state index contributed by atoms with van der Waals surface area (Å²) < 4.78 is 6.52. The molecule has 0 fully saturated rings. The first-order valence-electron chi connectivity index (χ1n) is 16.4. The summed E-state index contributed by atoms with van der Waals surface area (Å²) in [5.41, 5.74) is 7.46. The summed E-state index contributed by atoms with van der Waals surface area (Å²) in [4.78, 5) is 2.40. The largest absolute Gasteiger partial charge is 0.455 e. The second-order valence-electron chi connectivity index (χ2n) is 12.5. The molecule has 224 valence electrons. The molecule has 48 heavy (non-hydrogen) atoms. The molecule has 9 aromatic carbocycles. The molecule has 1 heterocycles. The van der Waals surface area contributed by atoms with E-state index < -0.39 is 0 Å². The molecule has 0 aliphatic heterocycles. The zero-order chi connectivity index (χ0) is 31.6. The van der Waals surface area contributed by atoms with Crippen molar-refractivity contribution in [1.82, 2.24) is 0 Å². The Morgan fingerprint density at radius 3 is 1.85 bits per heavy atom. The van der Waals surface area contributed by atoms with Crippen molar-refractivity contribution < 1.29 is 4.42 Å². The molecule has 0 atom stereocenters. The Morgan fingerprint density at radius 2 is 0.979 bits per heavy atom. The predicted molar refractivity (Wildman–Crippen MR) is 204 cm³/mol. The average molecular weight is 612 g/mol. The Bertz CT molecular complexity index is 2850. The normalized spacial score (nSPS) is 11.8. The van der Waals surface area contributed by atoms with Gasteiger partial charge in [-0.15, -0.1) is 0 Å². The van der Waals surface area contributed by atoms with Gasteiger partial charge in [0.2, 0.25) is 0 Å². The van der Waals surface area contributed by atoms with Gasteiger partial charge in [0.05, 0.1) is 5.69 Å². The van der Waals surface area contributed by atoms with Crippen molar-refractivity contribution in [3.05, 3.63) is 176 Å².